The number of benzene rings is 1. The van der Waals surface area contributed by atoms with Crippen LogP contribution in [0.15, 0.2) is 18.2 Å². The molecule has 0 saturated heterocycles. The van der Waals surface area contributed by atoms with Gasteiger partial charge in [0.15, 0.2) is 0 Å². The summed E-state index contributed by atoms with van der Waals surface area (Å²) in [6, 6.07) is 6.37. The van der Waals surface area contributed by atoms with Gasteiger partial charge in [0.1, 0.15) is 5.69 Å². The fourth-order valence-corrected chi connectivity index (χ4v) is 2.35. The molecule has 0 aliphatic rings. The summed E-state index contributed by atoms with van der Waals surface area (Å²) in [5.41, 5.74) is 0.877. The third-order valence-electron chi connectivity index (χ3n) is 2.91. The van der Waals surface area contributed by atoms with E-state index in [2.05, 4.69) is 11.6 Å². The van der Waals surface area contributed by atoms with Crippen molar-refractivity contribution in [3.8, 4) is 6.07 Å². The van der Waals surface area contributed by atoms with Gasteiger partial charge in [-0.15, -0.1) is 0 Å². The van der Waals surface area contributed by atoms with E-state index < -0.39 is 4.92 Å². The summed E-state index contributed by atoms with van der Waals surface area (Å²) in [5, 5.41) is 22.8. The van der Waals surface area contributed by atoms with Crippen LogP contribution in [-0.4, -0.2) is 23.5 Å². The molecule has 0 aliphatic heterocycles. The lowest BCUT2D eigenvalue weighted by Crippen LogP contribution is -2.04. The number of nitro benzene ring substituents is 1. The molecule has 1 rings (SSSR count). The zero-order valence-corrected chi connectivity index (χ0v) is 12.4. The smallest absolute Gasteiger partial charge is 0.292 e. The predicted octanol–water partition coefficient (Wildman–Crippen LogP) is 3.80. The van der Waals surface area contributed by atoms with Gasteiger partial charge >= 0.3 is 0 Å². The second-order valence-corrected chi connectivity index (χ2v) is 5.42. The minimum absolute atomic E-state index is 0.0198. The first kappa shape index (κ1) is 16.3. The first-order valence-electron chi connectivity index (χ1n) is 6.60. The number of anilines is 1. The van der Waals surface area contributed by atoms with Crippen molar-refractivity contribution in [2.45, 2.75) is 25.7 Å². The normalized spacial score (nSPS) is 10.0. The van der Waals surface area contributed by atoms with Crippen LogP contribution in [0.1, 0.15) is 31.2 Å². The van der Waals surface area contributed by atoms with E-state index in [-0.39, 0.29) is 5.69 Å². The van der Waals surface area contributed by atoms with Gasteiger partial charge in [-0.3, -0.25) is 10.1 Å². The Morgan fingerprint density at radius 3 is 2.75 bits per heavy atom. The third kappa shape index (κ3) is 5.49. The first-order valence-corrected chi connectivity index (χ1v) is 7.99. The van der Waals surface area contributed by atoms with Gasteiger partial charge in [-0.1, -0.05) is 12.8 Å². The molecule has 5 nitrogen and oxygen atoms in total. The molecule has 108 valence electrons. The van der Waals surface area contributed by atoms with Gasteiger partial charge in [0, 0.05) is 12.6 Å². The molecular formula is C14H19N3O2S. The van der Waals surface area contributed by atoms with E-state index in [0.717, 1.165) is 12.8 Å². The van der Waals surface area contributed by atoms with Crippen LogP contribution in [-0.2, 0) is 0 Å². The van der Waals surface area contributed by atoms with Crippen LogP contribution < -0.4 is 5.32 Å². The molecule has 0 aliphatic carbocycles. The summed E-state index contributed by atoms with van der Waals surface area (Å²) in [5.74, 6) is 1.18. The molecule has 20 heavy (non-hydrogen) atoms. The minimum atomic E-state index is -0.429. The molecule has 0 bridgehead atoms. The molecule has 0 atom stereocenters. The quantitative estimate of drug-likeness (QED) is 0.425. The van der Waals surface area contributed by atoms with Crippen molar-refractivity contribution in [1.29, 1.82) is 5.26 Å². The maximum absolute atomic E-state index is 10.9. The Morgan fingerprint density at radius 2 is 2.10 bits per heavy atom. The Morgan fingerprint density at radius 1 is 1.35 bits per heavy atom. The average molecular weight is 293 g/mol. The summed E-state index contributed by atoms with van der Waals surface area (Å²) >= 11 is 1.85. The lowest BCUT2D eigenvalue weighted by molar-refractivity contribution is -0.384. The van der Waals surface area contributed by atoms with Gasteiger partial charge in [-0.2, -0.15) is 17.0 Å². The number of thioether (sulfide) groups is 1. The molecule has 0 fully saturated rings. The molecule has 1 aromatic carbocycles. The maximum atomic E-state index is 10.9. The van der Waals surface area contributed by atoms with Crippen LogP contribution in [0.4, 0.5) is 11.4 Å². The second-order valence-electron chi connectivity index (χ2n) is 4.43. The van der Waals surface area contributed by atoms with Crippen molar-refractivity contribution < 1.29 is 4.92 Å². The van der Waals surface area contributed by atoms with Crippen molar-refractivity contribution in [3.63, 3.8) is 0 Å². The number of nitrogens with zero attached hydrogens (tertiary/aromatic N) is 2. The third-order valence-corrected chi connectivity index (χ3v) is 3.61. The van der Waals surface area contributed by atoms with Crippen LogP contribution in [0, 0.1) is 21.4 Å². The number of hydrogen-bond acceptors (Lipinski definition) is 5. The highest BCUT2D eigenvalue weighted by Gasteiger charge is 2.13. The molecule has 0 amide bonds. The molecule has 0 radical (unpaired) electrons. The Labute approximate surface area is 123 Å². The lowest BCUT2D eigenvalue weighted by Gasteiger charge is -2.07. The number of nitro groups is 1. The topological polar surface area (TPSA) is 79.0 Å². The fourth-order valence-electron chi connectivity index (χ4n) is 1.85. The van der Waals surface area contributed by atoms with Gasteiger partial charge in [-0.25, -0.2) is 0 Å². The van der Waals surface area contributed by atoms with Crippen molar-refractivity contribution in [2.75, 3.05) is 23.9 Å². The first-order chi connectivity index (χ1) is 9.69. The van der Waals surface area contributed by atoms with Gasteiger partial charge in [-0.05, 0) is 37.0 Å². The Bertz CT molecular complexity index is 486. The highest BCUT2D eigenvalue weighted by Crippen LogP contribution is 2.25. The van der Waals surface area contributed by atoms with Crippen molar-refractivity contribution in [3.05, 3.63) is 33.9 Å². The Kier molecular flexibility index (Phi) is 7.51. The molecule has 0 heterocycles. The zero-order chi connectivity index (χ0) is 14.8. The van der Waals surface area contributed by atoms with Gasteiger partial charge in [0.05, 0.1) is 16.6 Å². The summed E-state index contributed by atoms with van der Waals surface area (Å²) in [6.45, 7) is 0.689. The van der Waals surface area contributed by atoms with E-state index in [0.29, 0.717) is 17.8 Å². The van der Waals surface area contributed by atoms with Crippen LogP contribution >= 0.6 is 11.8 Å². The highest BCUT2D eigenvalue weighted by molar-refractivity contribution is 7.98. The second kappa shape index (κ2) is 9.21. The van der Waals surface area contributed by atoms with Crippen molar-refractivity contribution in [1.82, 2.24) is 0 Å². The average Bonchev–Trinajstić information content (AvgIpc) is 2.45. The molecule has 1 aromatic rings. The Hall–Kier alpha value is -1.74. The van der Waals surface area contributed by atoms with Gasteiger partial charge < -0.3 is 5.32 Å². The lowest BCUT2D eigenvalue weighted by atomic mass is 10.1. The van der Waals surface area contributed by atoms with E-state index in [9.17, 15) is 10.1 Å². The SMILES string of the molecule is CSCCCCCCNc1cc(C#N)ccc1[N+](=O)[O-]. The predicted molar refractivity (Wildman–Crippen MR) is 83.2 cm³/mol. The van der Waals surface area contributed by atoms with E-state index in [4.69, 9.17) is 5.26 Å². The summed E-state index contributed by atoms with van der Waals surface area (Å²) in [7, 11) is 0. The number of unbranched alkanes of at least 4 members (excludes halogenated alkanes) is 3. The molecule has 0 spiro atoms. The number of rotatable bonds is 9. The highest BCUT2D eigenvalue weighted by atomic mass is 32.2. The van der Waals surface area contributed by atoms with Crippen molar-refractivity contribution in [2.24, 2.45) is 0 Å². The zero-order valence-electron chi connectivity index (χ0n) is 11.6. The van der Waals surface area contributed by atoms with E-state index in [1.165, 1.54) is 36.8 Å². The maximum Gasteiger partial charge on any atom is 0.292 e. The molecule has 0 saturated carbocycles. The number of hydrogen-bond donors (Lipinski definition) is 1. The van der Waals surface area contributed by atoms with Crippen LogP contribution in [0.5, 0.6) is 0 Å². The van der Waals surface area contributed by atoms with E-state index >= 15 is 0 Å². The van der Waals surface area contributed by atoms with Crippen LogP contribution in [0.25, 0.3) is 0 Å². The molecule has 6 heteroatoms. The number of nitriles is 1. The monoisotopic (exact) mass is 293 g/mol. The molecular weight excluding hydrogens is 274 g/mol. The number of nitrogens with one attached hydrogen (secondary N) is 1. The fraction of sp³-hybridized carbons (Fsp3) is 0.500. The molecule has 0 aromatic heterocycles. The largest absolute Gasteiger partial charge is 0.379 e. The van der Waals surface area contributed by atoms with E-state index in [1.54, 1.807) is 0 Å². The van der Waals surface area contributed by atoms with Crippen molar-refractivity contribution >= 4 is 23.1 Å². The minimum Gasteiger partial charge on any atom is -0.379 e. The van der Waals surface area contributed by atoms with Gasteiger partial charge in [0.25, 0.3) is 5.69 Å². The standard InChI is InChI=1S/C14H19N3O2S/c1-20-9-5-3-2-4-8-16-13-10-12(11-15)6-7-14(13)17(18)19/h6-7,10,16H,2-5,8-9H2,1H3. The molecule has 1 N–H and O–H groups in total. The van der Waals surface area contributed by atoms with E-state index in [1.807, 2.05) is 17.8 Å². The van der Waals surface area contributed by atoms with Crippen LogP contribution in [0.2, 0.25) is 0 Å². The summed E-state index contributed by atoms with van der Waals surface area (Å²) in [6.07, 6.45) is 6.58. The Balaban J connectivity index is 2.46. The van der Waals surface area contributed by atoms with Gasteiger partial charge in [0.2, 0.25) is 0 Å². The summed E-state index contributed by atoms with van der Waals surface area (Å²) in [4.78, 5) is 10.5. The molecule has 0 unspecified atom stereocenters. The van der Waals surface area contributed by atoms with Crippen LogP contribution in [0.3, 0.4) is 0 Å². The summed E-state index contributed by atoms with van der Waals surface area (Å²) < 4.78 is 0.